The van der Waals surface area contributed by atoms with E-state index in [1.807, 2.05) is 0 Å². The molecule has 2 saturated heterocycles. The molecule has 0 amide bonds. The van der Waals surface area contributed by atoms with Gasteiger partial charge in [0.25, 0.3) is 0 Å². The molecule has 2 heterocycles. The van der Waals surface area contributed by atoms with Gasteiger partial charge in [-0.05, 0) is 37.1 Å². The lowest BCUT2D eigenvalue weighted by atomic mass is 9.89. The maximum Gasteiger partial charge on any atom is 0.132 e. The van der Waals surface area contributed by atoms with Gasteiger partial charge in [0, 0.05) is 12.3 Å². The predicted octanol–water partition coefficient (Wildman–Crippen LogP) is 5.10. The molecule has 7 rings (SSSR count). The molecule has 2 aliphatic heterocycles. The van der Waals surface area contributed by atoms with Gasteiger partial charge in [-0.1, -0.05) is 133 Å². The number of rotatable bonds is 8. The van der Waals surface area contributed by atoms with Crippen LogP contribution in [0.2, 0.25) is 0 Å². The Morgan fingerprint density at radius 2 is 0.944 bits per heavy atom. The molecule has 4 atom stereocenters. The van der Waals surface area contributed by atoms with Crippen molar-refractivity contribution in [2.45, 2.75) is 23.4 Å². The van der Waals surface area contributed by atoms with Gasteiger partial charge in [-0.2, -0.15) is 0 Å². The van der Waals surface area contributed by atoms with Gasteiger partial charge >= 0.3 is 0 Å². The highest BCUT2D eigenvalue weighted by Crippen LogP contribution is 2.64. The molecule has 3 aliphatic rings. The van der Waals surface area contributed by atoms with E-state index in [0.717, 1.165) is 12.3 Å². The Balaban J connectivity index is 1.20. The van der Waals surface area contributed by atoms with Crippen LogP contribution in [0.5, 0.6) is 0 Å². The van der Waals surface area contributed by atoms with E-state index in [-0.39, 0.29) is 23.4 Å². The largest absolute Gasteiger partial charge is 0.358 e. The average Bonchev–Trinajstić information content (AvgIpc) is 3.86. The molecule has 0 spiro atoms. The van der Waals surface area contributed by atoms with E-state index in [0.29, 0.717) is 0 Å². The van der Waals surface area contributed by atoms with E-state index in [4.69, 9.17) is 9.47 Å². The third kappa shape index (κ3) is 3.98. The van der Waals surface area contributed by atoms with E-state index in [1.165, 1.54) is 21.2 Å². The molecule has 0 aromatic heterocycles. The summed E-state index contributed by atoms with van der Waals surface area (Å²) in [6.07, 6.45) is 6.87. The van der Waals surface area contributed by atoms with Crippen molar-refractivity contribution in [1.29, 1.82) is 0 Å². The van der Waals surface area contributed by atoms with Crippen LogP contribution >= 0.6 is 15.8 Å². The second-order valence-electron chi connectivity index (χ2n) is 9.82. The smallest absolute Gasteiger partial charge is 0.132 e. The molecule has 4 aromatic rings. The first-order valence-electron chi connectivity index (χ1n) is 12.6. The second-order valence-corrected chi connectivity index (χ2v) is 14.2. The van der Waals surface area contributed by atoms with E-state index >= 15 is 0 Å². The van der Waals surface area contributed by atoms with Gasteiger partial charge in [-0.25, -0.2) is 0 Å². The maximum atomic E-state index is 6.68. The molecular formula is C32H28O2P2. The minimum Gasteiger partial charge on any atom is -0.358 e. The minimum atomic E-state index is -0.545. The summed E-state index contributed by atoms with van der Waals surface area (Å²) in [4.78, 5) is 0. The number of benzene rings is 4. The summed E-state index contributed by atoms with van der Waals surface area (Å²) >= 11 is 0. The highest BCUT2D eigenvalue weighted by Gasteiger charge is 2.77. The van der Waals surface area contributed by atoms with Crippen LogP contribution in [0.15, 0.2) is 133 Å². The summed E-state index contributed by atoms with van der Waals surface area (Å²) in [5.41, 5.74) is -0.459. The molecule has 2 nitrogen and oxygen atoms in total. The van der Waals surface area contributed by atoms with Crippen LogP contribution in [0.3, 0.4) is 0 Å². The van der Waals surface area contributed by atoms with Crippen LogP contribution in [-0.4, -0.2) is 35.7 Å². The molecule has 178 valence electrons. The minimum absolute atomic E-state index is 0.120. The van der Waals surface area contributed by atoms with Crippen molar-refractivity contribution in [3.05, 3.63) is 133 Å². The van der Waals surface area contributed by atoms with Crippen LogP contribution in [0, 0.1) is 0 Å². The maximum absolute atomic E-state index is 6.68. The molecule has 2 fully saturated rings. The van der Waals surface area contributed by atoms with Crippen molar-refractivity contribution in [2.24, 2.45) is 0 Å². The van der Waals surface area contributed by atoms with Gasteiger partial charge in [0.2, 0.25) is 0 Å². The summed E-state index contributed by atoms with van der Waals surface area (Å²) in [5, 5.41) is 5.61. The van der Waals surface area contributed by atoms with Crippen LogP contribution in [0.1, 0.15) is 0 Å². The lowest BCUT2D eigenvalue weighted by molar-refractivity contribution is 0.247. The quantitative estimate of drug-likeness (QED) is 0.189. The van der Waals surface area contributed by atoms with Gasteiger partial charge < -0.3 is 9.47 Å². The number of hydrogen-bond donors (Lipinski definition) is 0. The van der Waals surface area contributed by atoms with Crippen LogP contribution in [-0.2, 0) is 9.47 Å². The molecule has 4 heteroatoms. The summed E-state index contributed by atoms with van der Waals surface area (Å²) in [6.45, 7) is 0. The average molecular weight is 507 g/mol. The number of fused-ring (bicyclic) bond motifs is 3. The fraction of sp³-hybridized carbons (Fsp3) is 0.188. The molecule has 4 aromatic carbocycles. The monoisotopic (exact) mass is 506 g/mol. The summed E-state index contributed by atoms with van der Waals surface area (Å²) < 4.78 is 13.2. The molecule has 1 aliphatic carbocycles. The van der Waals surface area contributed by atoms with Crippen LogP contribution in [0.25, 0.3) is 0 Å². The fourth-order valence-corrected chi connectivity index (χ4v) is 10.9. The van der Waals surface area contributed by atoms with E-state index in [9.17, 15) is 0 Å². The lowest BCUT2D eigenvalue weighted by Gasteiger charge is -2.26. The van der Waals surface area contributed by atoms with Crippen molar-refractivity contribution >= 4 is 37.1 Å². The second kappa shape index (κ2) is 9.05. The first-order chi connectivity index (χ1) is 17.8. The van der Waals surface area contributed by atoms with Crippen LogP contribution in [0.4, 0.5) is 0 Å². The third-order valence-electron chi connectivity index (χ3n) is 7.57. The summed E-state index contributed by atoms with van der Waals surface area (Å²) in [6, 6.07) is 43.8. The van der Waals surface area contributed by atoms with Gasteiger partial charge in [0.1, 0.15) is 23.4 Å². The Kier molecular flexibility index (Phi) is 5.68. The zero-order valence-corrected chi connectivity index (χ0v) is 21.8. The van der Waals surface area contributed by atoms with Gasteiger partial charge in [0.15, 0.2) is 0 Å². The van der Waals surface area contributed by atoms with Gasteiger partial charge in [-0.3, -0.25) is 0 Å². The standard InChI is InChI=1S/C32H28O2P2/c1-5-13-25(14-6-1)35(26-15-7-2-8-16-26)23-31-22-21-29-32(33-29,30(31)34-31)24-36(27-17-9-3-10-18-27)28-19-11-4-12-20-28/h1-22,29-30H,23-24H2. The first-order valence-corrected chi connectivity index (χ1v) is 15.6. The lowest BCUT2D eigenvalue weighted by Crippen LogP contribution is -2.38. The van der Waals surface area contributed by atoms with Gasteiger partial charge in [0.05, 0.1) is 0 Å². The highest BCUT2D eigenvalue weighted by atomic mass is 31.1. The van der Waals surface area contributed by atoms with E-state index in [1.54, 1.807) is 0 Å². The SMILES string of the molecule is C1=CC2(CP(c3ccccc3)c3ccccc3)OC2C2(CP(c3ccccc3)c3ccccc3)OC12. The number of epoxide rings is 2. The molecular weight excluding hydrogens is 478 g/mol. The molecule has 0 N–H and O–H groups in total. The van der Waals surface area contributed by atoms with Gasteiger partial charge in [-0.15, -0.1) is 0 Å². The van der Waals surface area contributed by atoms with Crippen molar-refractivity contribution in [2.75, 3.05) is 12.3 Å². The predicted molar refractivity (Wildman–Crippen MR) is 152 cm³/mol. The fourth-order valence-electron chi connectivity index (χ4n) is 5.66. The zero-order chi connectivity index (χ0) is 24.0. The Morgan fingerprint density at radius 3 is 1.39 bits per heavy atom. The zero-order valence-electron chi connectivity index (χ0n) is 20.0. The molecule has 0 saturated carbocycles. The Hall–Kier alpha value is -2.60. The third-order valence-corrected chi connectivity index (χ3v) is 12.9. The normalized spacial score (nSPS) is 27.5. The van der Waals surface area contributed by atoms with Crippen molar-refractivity contribution in [3.63, 3.8) is 0 Å². The van der Waals surface area contributed by atoms with Crippen molar-refractivity contribution in [1.82, 2.24) is 0 Å². The number of hydrogen-bond acceptors (Lipinski definition) is 2. The Morgan fingerprint density at radius 1 is 0.528 bits per heavy atom. The van der Waals surface area contributed by atoms with Crippen molar-refractivity contribution in [3.8, 4) is 0 Å². The molecule has 36 heavy (non-hydrogen) atoms. The topological polar surface area (TPSA) is 25.1 Å². The Bertz CT molecular complexity index is 1280. The summed E-state index contributed by atoms with van der Waals surface area (Å²) in [5.74, 6) is 0. The Labute approximate surface area is 215 Å². The molecule has 4 unspecified atom stereocenters. The first kappa shape index (κ1) is 22.6. The van der Waals surface area contributed by atoms with E-state index in [2.05, 4.69) is 133 Å². The number of ether oxygens (including phenoxy) is 2. The molecule has 0 bridgehead atoms. The van der Waals surface area contributed by atoms with Crippen molar-refractivity contribution < 1.29 is 9.47 Å². The van der Waals surface area contributed by atoms with Crippen LogP contribution < -0.4 is 21.2 Å². The highest BCUT2D eigenvalue weighted by molar-refractivity contribution is 7.73. The molecule has 0 radical (unpaired) electrons. The van der Waals surface area contributed by atoms with E-state index < -0.39 is 15.8 Å². The summed E-state index contributed by atoms with van der Waals surface area (Å²) in [7, 11) is -1.08.